The first-order valence-corrected chi connectivity index (χ1v) is 8.85. The molecule has 1 amide bonds. The maximum atomic E-state index is 13.1. The average molecular weight is 352 g/mol. The zero-order valence-electron chi connectivity index (χ0n) is 14.1. The molecule has 2 fully saturated rings. The van der Waals surface area contributed by atoms with Gasteiger partial charge in [0.1, 0.15) is 12.1 Å². The summed E-state index contributed by atoms with van der Waals surface area (Å²) in [4.78, 5) is 25.3. The predicted octanol–water partition coefficient (Wildman–Crippen LogP) is 1.29. The Bertz CT molecular complexity index is 656. The molecule has 1 saturated heterocycles. The summed E-state index contributed by atoms with van der Waals surface area (Å²) in [6.45, 7) is 4.02. The standard InChI is InChI=1S/C17H22F2N4O2/c18-17(19)9-12(10-17)16(24)23-3-1-13-14(2-4-23)20-11-21-15(13)22-5-7-25-8-6-22/h11-12H,1-10H2. The van der Waals surface area contributed by atoms with Gasteiger partial charge in [-0.2, -0.15) is 0 Å². The number of ether oxygens (including phenoxy) is 1. The van der Waals surface area contributed by atoms with E-state index in [0.717, 1.165) is 30.2 Å². The Morgan fingerprint density at radius 1 is 1.12 bits per heavy atom. The number of anilines is 1. The zero-order valence-corrected chi connectivity index (χ0v) is 14.1. The Morgan fingerprint density at radius 2 is 1.84 bits per heavy atom. The summed E-state index contributed by atoms with van der Waals surface area (Å²) in [5.41, 5.74) is 2.05. The molecule has 3 aliphatic rings. The van der Waals surface area contributed by atoms with Crippen LogP contribution in [0.15, 0.2) is 6.33 Å². The average Bonchev–Trinajstić information content (AvgIpc) is 2.82. The van der Waals surface area contributed by atoms with Gasteiger partial charge >= 0.3 is 0 Å². The number of carbonyl (C=O) groups excluding carboxylic acids is 1. The van der Waals surface area contributed by atoms with Gasteiger partial charge in [-0.1, -0.05) is 0 Å². The number of alkyl halides is 2. The summed E-state index contributed by atoms with van der Waals surface area (Å²) in [5, 5.41) is 0. The molecule has 2 aliphatic heterocycles. The Hall–Kier alpha value is -1.83. The van der Waals surface area contributed by atoms with Crippen molar-refractivity contribution in [1.82, 2.24) is 14.9 Å². The number of morpholine rings is 1. The number of fused-ring (bicyclic) bond motifs is 1. The summed E-state index contributed by atoms with van der Waals surface area (Å²) in [5.74, 6) is -2.40. The molecule has 0 N–H and O–H groups in total. The quantitative estimate of drug-likeness (QED) is 0.803. The summed E-state index contributed by atoms with van der Waals surface area (Å²) >= 11 is 0. The van der Waals surface area contributed by atoms with Gasteiger partial charge in [-0.3, -0.25) is 4.79 Å². The molecule has 0 atom stereocenters. The van der Waals surface area contributed by atoms with Crippen LogP contribution in [0.5, 0.6) is 0 Å². The van der Waals surface area contributed by atoms with Crippen molar-refractivity contribution in [3.8, 4) is 0 Å². The second kappa shape index (κ2) is 6.48. The van der Waals surface area contributed by atoms with Crippen LogP contribution in [0, 0.1) is 5.92 Å². The molecule has 0 unspecified atom stereocenters. The van der Waals surface area contributed by atoms with Crippen molar-refractivity contribution < 1.29 is 18.3 Å². The highest BCUT2D eigenvalue weighted by Gasteiger charge is 2.49. The van der Waals surface area contributed by atoms with Gasteiger partial charge in [0.2, 0.25) is 11.8 Å². The molecule has 1 aliphatic carbocycles. The van der Waals surface area contributed by atoms with Crippen LogP contribution in [-0.4, -0.2) is 66.1 Å². The normalized spacial score (nSPS) is 23.6. The van der Waals surface area contributed by atoms with Crippen LogP contribution < -0.4 is 4.90 Å². The molecule has 25 heavy (non-hydrogen) atoms. The van der Waals surface area contributed by atoms with Crippen molar-refractivity contribution in [3.05, 3.63) is 17.6 Å². The Labute approximate surface area is 145 Å². The van der Waals surface area contributed by atoms with E-state index in [0.29, 0.717) is 39.1 Å². The van der Waals surface area contributed by atoms with Crippen molar-refractivity contribution in [2.45, 2.75) is 31.6 Å². The lowest BCUT2D eigenvalue weighted by atomic mass is 9.80. The van der Waals surface area contributed by atoms with Crippen LogP contribution in [0.4, 0.5) is 14.6 Å². The molecule has 0 bridgehead atoms. The van der Waals surface area contributed by atoms with Crippen molar-refractivity contribution in [2.24, 2.45) is 5.92 Å². The highest BCUT2D eigenvalue weighted by Crippen LogP contribution is 2.43. The summed E-state index contributed by atoms with van der Waals surface area (Å²) in [7, 11) is 0. The van der Waals surface area contributed by atoms with E-state index in [1.54, 1.807) is 11.2 Å². The van der Waals surface area contributed by atoms with Gasteiger partial charge < -0.3 is 14.5 Å². The number of hydrogen-bond donors (Lipinski definition) is 0. The van der Waals surface area contributed by atoms with Gasteiger partial charge in [-0.25, -0.2) is 18.7 Å². The molecular weight excluding hydrogens is 330 g/mol. The van der Waals surface area contributed by atoms with Gasteiger partial charge in [0.25, 0.3) is 0 Å². The second-order valence-electron chi connectivity index (χ2n) is 7.01. The zero-order chi connectivity index (χ0) is 17.4. The maximum Gasteiger partial charge on any atom is 0.249 e. The fourth-order valence-corrected chi connectivity index (χ4v) is 3.87. The number of aromatic nitrogens is 2. The van der Waals surface area contributed by atoms with Crippen molar-refractivity contribution in [1.29, 1.82) is 0 Å². The molecule has 8 heteroatoms. The number of rotatable bonds is 2. The molecule has 6 nitrogen and oxygen atoms in total. The molecule has 3 heterocycles. The first-order valence-electron chi connectivity index (χ1n) is 8.85. The van der Waals surface area contributed by atoms with E-state index in [2.05, 4.69) is 14.9 Å². The van der Waals surface area contributed by atoms with Crippen LogP contribution >= 0.6 is 0 Å². The number of amides is 1. The van der Waals surface area contributed by atoms with Gasteiger partial charge in [-0.05, 0) is 6.42 Å². The van der Waals surface area contributed by atoms with E-state index in [9.17, 15) is 13.6 Å². The molecular formula is C17H22F2N4O2. The van der Waals surface area contributed by atoms with E-state index < -0.39 is 11.8 Å². The Morgan fingerprint density at radius 3 is 2.56 bits per heavy atom. The lowest BCUT2D eigenvalue weighted by Crippen LogP contribution is -2.47. The monoisotopic (exact) mass is 352 g/mol. The fourth-order valence-electron chi connectivity index (χ4n) is 3.87. The highest BCUT2D eigenvalue weighted by atomic mass is 19.3. The SMILES string of the molecule is O=C(C1CC(F)(F)C1)N1CCc2ncnc(N3CCOCC3)c2CC1. The van der Waals surface area contributed by atoms with Crippen molar-refractivity contribution in [3.63, 3.8) is 0 Å². The van der Waals surface area contributed by atoms with Crippen molar-refractivity contribution >= 4 is 11.7 Å². The van der Waals surface area contributed by atoms with E-state index in [1.165, 1.54) is 0 Å². The van der Waals surface area contributed by atoms with Gasteiger partial charge in [0, 0.05) is 56.9 Å². The van der Waals surface area contributed by atoms with E-state index in [4.69, 9.17) is 4.74 Å². The third kappa shape index (κ3) is 3.31. The first kappa shape index (κ1) is 16.6. The van der Waals surface area contributed by atoms with Crippen LogP contribution in [0.25, 0.3) is 0 Å². The summed E-state index contributed by atoms with van der Waals surface area (Å²) in [6.07, 6.45) is 2.26. The third-order valence-corrected chi connectivity index (χ3v) is 5.32. The third-order valence-electron chi connectivity index (χ3n) is 5.32. The minimum Gasteiger partial charge on any atom is -0.378 e. The summed E-state index contributed by atoms with van der Waals surface area (Å²) < 4.78 is 31.5. The first-order chi connectivity index (χ1) is 12.0. The van der Waals surface area contributed by atoms with Crippen LogP contribution in [0.2, 0.25) is 0 Å². The Balaban J connectivity index is 1.47. The van der Waals surface area contributed by atoms with Crippen molar-refractivity contribution in [2.75, 3.05) is 44.3 Å². The molecule has 136 valence electrons. The van der Waals surface area contributed by atoms with Gasteiger partial charge in [-0.15, -0.1) is 0 Å². The second-order valence-corrected chi connectivity index (χ2v) is 7.01. The molecule has 0 spiro atoms. The molecule has 4 rings (SSSR count). The van der Waals surface area contributed by atoms with E-state index in [1.807, 2.05) is 0 Å². The van der Waals surface area contributed by atoms with Crippen LogP contribution in [0.1, 0.15) is 24.1 Å². The highest BCUT2D eigenvalue weighted by molar-refractivity contribution is 5.80. The molecule has 1 aromatic rings. The van der Waals surface area contributed by atoms with E-state index in [-0.39, 0.29) is 18.7 Å². The number of nitrogens with zero attached hydrogens (tertiary/aromatic N) is 4. The number of carbonyl (C=O) groups is 1. The number of hydrogen-bond acceptors (Lipinski definition) is 5. The largest absolute Gasteiger partial charge is 0.378 e. The number of halogens is 2. The maximum absolute atomic E-state index is 13.1. The predicted molar refractivity (Wildman–Crippen MR) is 86.7 cm³/mol. The minimum absolute atomic E-state index is 0.139. The van der Waals surface area contributed by atoms with Gasteiger partial charge in [0.05, 0.1) is 18.9 Å². The smallest absolute Gasteiger partial charge is 0.249 e. The van der Waals surface area contributed by atoms with Crippen LogP contribution in [-0.2, 0) is 22.4 Å². The van der Waals surface area contributed by atoms with E-state index >= 15 is 0 Å². The lowest BCUT2D eigenvalue weighted by molar-refractivity contribution is -0.159. The topological polar surface area (TPSA) is 58.6 Å². The molecule has 1 saturated carbocycles. The fraction of sp³-hybridized carbons (Fsp3) is 0.706. The molecule has 0 radical (unpaired) electrons. The van der Waals surface area contributed by atoms with Gasteiger partial charge in [0.15, 0.2) is 0 Å². The molecule has 0 aromatic carbocycles. The summed E-state index contributed by atoms with van der Waals surface area (Å²) in [6, 6.07) is 0. The Kier molecular flexibility index (Phi) is 4.31. The lowest BCUT2D eigenvalue weighted by Gasteiger charge is -2.37. The molecule has 1 aromatic heterocycles. The van der Waals surface area contributed by atoms with Crippen LogP contribution in [0.3, 0.4) is 0 Å². The minimum atomic E-state index is -2.66.